The van der Waals surface area contributed by atoms with Crippen LogP contribution in [0.3, 0.4) is 0 Å². The summed E-state index contributed by atoms with van der Waals surface area (Å²) in [5.41, 5.74) is 6.46. The molecule has 0 radical (unpaired) electrons. The maximum Gasteiger partial charge on any atom is 0.271 e. The quantitative estimate of drug-likeness (QED) is 0.850. The summed E-state index contributed by atoms with van der Waals surface area (Å²) in [5, 5.41) is 1.97. The third-order valence-corrected chi connectivity index (χ3v) is 5.77. The van der Waals surface area contributed by atoms with Crippen molar-refractivity contribution in [3.05, 3.63) is 47.2 Å². The number of nitrogens with zero attached hydrogens (tertiary/aromatic N) is 3. The topological polar surface area (TPSA) is 55.9 Å². The van der Waals surface area contributed by atoms with Gasteiger partial charge in [-0.3, -0.25) is 14.6 Å². The van der Waals surface area contributed by atoms with Crippen LogP contribution in [0.2, 0.25) is 0 Å². The lowest BCUT2D eigenvalue weighted by molar-refractivity contribution is -0.143. The Morgan fingerprint density at radius 1 is 1.10 bits per heavy atom. The number of nitrogens with one attached hydrogen (secondary N) is 1. The molecule has 2 fully saturated rings. The molecule has 158 valence electrons. The Hall–Kier alpha value is -2.34. The zero-order chi connectivity index (χ0) is 21.0. The van der Waals surface area contributed by atoms with Crippen LogP contribution >= 0.6 is 0 Å². The van der Waals surface area contributed by atoms with Gasteiger partial charge in [0.2, 0.25) is 5.91 Å². The number of benzene rings is 1. The van der Waals surface area contributed by atoms with Crippen LogP contribution in [0.1, 0.15) is 57.2 Å². The fourth-order valence-corrected chi connectivity index (χ4v) is 4.17. The Morgan fingerprint density at radius 2 is 1.76 bits per heavy atom. The highest BCUT2D eigenvalue weighted by Gasteiger charge is 2.40. The summed E-state index contributed by atoms with van der Waals surface area (Å²) < 4.78 is 0. The number of hydrazine groups is 1. The molecule has 29 heavy (non-hydrogen) atoms. The van der Waals surface area contributed by atoms with E-state index in [9.17, 15) is 9.59 Å². The number of piperidine rings is 1. The number of amides is 2. The average Bonchev–Trinajstić information content (AvgIpc) is 3.21. The van der Waals surface area contributed by atoms with E-state index in [4.69, 9.17) is 0 Å². The molecule has 6 nitrogen and oxygen atoms in total. The van der Waals surface area contributed by atoms with Crippen LogP contribution in [0, 0.1) is 6.92 Å². The van der Waals surface area contributed by atoms with E-state index in [1.165, 1.54) is 12.0 Å². The minimum absolute atomic E-state index is 0.00949. The van der Waals surface area contributed by atoms with Gasteiger partial charge in [-0.15, -0.1) is 0 Å². The van der Waals surface area contributed by atoms with Crippen LogP contribution in [-0.4, -0.2) is 58.8 Å². The highest BCUT2D eigenvalue weighted by Crippen LogP contribution is 2.30. The number of likely N-dealkylation sites (tertiary alicyclic amines) is 1. The summed E-state index contributed by atoms with van der Waals surface area (Å²) in [7, 11) is 0. The molecule has 0 aromatic heterocycles. The summed E-state index contributed by atoms with van der Waals surface area (Å²) in [6, 6.07) is 8.47. The maximum absolute atomic E-state index is 13.0. The molecule has 0 spiro atoms. The van der Waals surface area contributed by atoms with Gasteiger partial charge in [-0.25, -0.2) is 5.43 Å². The molecule has 2 saturated heterocycles. The molecule has 2 amide bonds. The third-order valence-electron chi connectivity index (χ3n) is 5.77. The van der Waals surface area contributed by atoms with Gasteiger partial charge in [0, 0.05) is 19.6 Å². The number of carbonyl (C=O) groups is 2. The van der Waals surface area contributed by atoms with Crippen LogP contribution in [0.25, 0.3) is 0 Å². The summed E-state index contributed by atoms with van der Waals surface area (Å²) in [5.74, 6) is 0.0194. The van der Waals surface area contributed by atoms with E-state index in [-0.39, 0.29) is 30.4 Å². The van der Waals surface area contributed by atoms with Gasteiger partial charge in [0.05, 0.1) is 12.1 Å². The lowest BCUT2D eigenvalue weighted by Gasteiger charge is -2.40. The van der Waals surface area contributed by atoms with Gasteiger partial charge in [0.1, 0.15) is 12.2 Å². The summed E-state index contributed by atoms with van der Waals surface area (Å²) >= 11 is 0. The first kappa shape index (κ1) is 21.4. The van der Waals surface area contributed by atoms with Crippen molar-refractivity contribution < 1.29 is 9.59 Å². The summed E-state index contributed by atoms with van der Waals surface area (Å²) in [6.45, 7) is 10.5. The monoisotopic (exact) mass is 398 g/mol. The van der Waals surface area contributed by atoms with E-state index in [1.807, 2.05) is 29.8 Å². The lowest BCUT2D eigenvalue weighted by Crippen LogP contribution is -2.57. The molecule has 1 aromatic carbocycles. The summed E-state index contributed by atoms with van der Waals surface area (Å²) in [6.07, 6.45) is 5.31. The van der Waals surface area contributed by atoms with Gasteiger partial charge in [0.25, 0.3) is 5.91 Å². The Bertz CT molecular complexity index is 753. The van der Waals surface area contributed by atoms with Gasteiger partial charge < -0.3 is 9.80 Å². The molecule has 0 aliphatic carbocycles. The van der Waals surface area contributed by atoms with Crippen molar-refractivity contribution in [2.24, 2.45) is 0 Å². The second-order valence-corrected chi connectivity index (χ2v) is 7.92. The van der Waals surface area contributed by atoms with Crippen molar-refractivity contribution in [1.29, 1.82) is 0 Å². The van der Waals surface area contributed by atoms with Crippen LogP contribution in [-0.2, 0) is 9.59 Å². The SMILES string of the molecule is CC.Cc1ccc(C2C=C3C(=O)N(CC(=O)N4CCCCC4)CC(C)N3N2)cc1. The van der Waals surface area contributed by atoms with Crippen molar-refractivity contribution in [2.45, 2.75) is 59.0 Å². The lowest BCUT2D eigenvalue weighted by atomic mass is 10.1. The van der Waals surface area contributed by atoms with Crippen molar-refractivity contribution in [2.75, 3.05) is 26.2 Å². The first-order valence-electron chi connectivity index (χ1n) is 10.9. The van der Waals surface area contributed by atoms with Gasteiger partial charge in [-0.1, -0.05) is 43.7 Å². The van der Waals surface area contributed by atoms with Gasteiger partial charge in [0.15, 0.2) is 0 Å². The minimum Gasteiger partial charge on any atom is -0.341 e. The normalized spacial score (nSPS) is 23.9. The standard InChI is InChI=1S/C21H28N4O2.C2H6/c1-15-6-8-17(9-7-15)18-12-19-21(27)24(13-16(2)25(19)22-18)14-20(26)23-10-4-3-5-11-23;1-2/h6-9,12,16,18,22H,3-5,10-11,13-14H2,1-2H3;1-2H3. The molecule has 2 unspecified atom stereocenters. The van der Waals surface area contributed by atoms with E-state index >= 15 is 0 Å². The number of piperazine rings is 1. The maximum atomic E-state index is 13.0. The number of fused-ring (bicyclic) bond motifs is 1. The van der Waals surface area contributed by atoms with Crippen molar-refractivity contribution in [3.63, 3.8) is 0 Å². The zero-order valence-corrected chi connectivity index (χ0v) is 18.1. The Labute approximate surface area is 174 Å². The highest BCUT2D eigenvalue weighted by atomic mass is 16.2. The predicted octanol–water partition coefficient (Wildman–Crippen LogP) is 3.01. The number of rotatable bonds is 3. The summed E-state index contributed by atoms with van der Waals surface area (Å²) in [4.78, 5) is 29.2. The van der Waals surface area contributed by atoms with E-state index in [2.05, 4.69) is 43.5 Å². The molecule has 0 bridgehead atoms. The Morgan fingerprint density at radius 3 is 2.41 bits per heavy atom. The van der Waals surface area contributed by atoms with Crippen LogP contribution in [0.4, 0.5) is 0 Å². The first-order valence-corrected chi connectivity index (χ1v) is 10.9. The fraction of sp³-hybridized carbons (Fsp3) is 0.565. The Kier molecular flexibility index (Phi) is 6.96. The van der Waals surface area contributed by atoms with Gasteiger partial charge in [-0.2, -0.15) is 0 Å². The molecule has 3 aliphatic heterocycles. The zero-order valence-electron chi connectivity index (χ0n) is 18.1. The first-order chi connectivity index (χ1) is 14.0. The molecule has 1 N–H and O–H groups in total. The molecule has 3 heterocycles. The van der Waals surface area contributed by atoms with E-state index in [0.29, 0.717) is 12.2 Å². The molecule has 3 aliphatic rings. The largest absolute Gasteiger partial charge is 0.341 e. The van der Waals surface area contributed by atoms with Crippen molar-refractivity contribution in [1.82, 2.24) is 20.2 Å². The number of hydrogen-bond acceptors (Lipinski definition) is 4. The molecule has 1 aromatic rings. The number of carbonyl (C=O) groups excluding carboxylic acids is 2. The molecule has 0 saturated carbocycles. The second kappa shape index (κ2) is 9.44. The van der Waals surface area contributed by atoms with E-state index < -0.39 is 0 Å². The third kappa shape index (κ3) is 4.64. The van der Waals surface area contributed by atoms with Crippen LogP contribution in [0.15, 0.2) is 36.0 Å². The smallest absolute Gasteiger partial charge is 0.271 e. The second-order valence-electron chi connectivity index (χ2n) is 7.92. The van der Waals surface area contributed by atoms with Gasteiger partial charge in [-0.05, 0) is 44.7 Å². The molecule has 6 heteroatoms. The fourth-order valence-electron chi connectivity index (χ4n) is 4.17. The van der Waals surface area contributed by atoms with E-state index in [1.54, 1.807) is 4.90 Å². The molecule has 4 rings (SSSR count). The number of hydrogen-bond donors (Lipinski definition) is 1. The molecule has 2 atom stereocenters. The Balaban J connectivity index is 0.00000117. The van der Waals surface area contributed by atoms with Crippen LogP contribution < -0.4 is 5.43 Å². The molecular formula is C23H34N4O2. The van der Waals surface area contributed by atoms with Crippen LogP contribution in [0.5, 0.6) is 0 Å². The molecular weight excluding hydrogens is 364 g/mol. The average molecular weight is 399 g/mol. The van der Waals surface area contributed by atoms with Crippen molar-refractivity contribution >= 4 is 11.8 Å². The van der Waals surface area contributed by atoms with Gasteiger partial charge >= 0.3 is 0 Å². The van der Waals surface area contributed by atoms with Crippen molar-refractivity contribution in [3.8, 4) is 0 Å². The number of aryl methyl sites for hydroxylation is 1. The predicted molar refractivity (Wildman–Crippen MR) is 115 cm³/mol. The minimum atomic E-state index is -0.0550. The highest BCUT2D eigenvalue weighted by molar-refractivity contribution is 5.96. The van der Waals surface area contributed by atoms with E-state index in [0.717, 1.165) is 31.5 Å².